The molecular formula is C10H22BClO2Si. The predicted molar refractivity (Wildman–Crippen MR) is 69.1 cm³/mol. The van der Waals surface area contributed by atoms with Crippen LogP contribution in [0, 0.1) is 0 Å². The lowest BCUT2D eigenvalue weighted by atomic mass is 9.90. The van der Waals surface area contributed by atoms with Crippen LogP contribution in [-0.4, -0.2) is 31.9 Å². The van der Waals surface area contributed by atoms with E-state index in [1.165, 1.54) is 0 Å². The highest BCUT2D eigenvalue weighted by molar-refractivity contribution is 6.89. The van der Waals surface area contributed by atoms with Crippen LogP contribution in [0.1, 0.15) is 27.7 Å². The summed E-state index contributed by atoms with van der Waals surface area (Å²) in [6.07, 6.45) is 0. The standard InChI is InChI=1S/C10H22BClO2Si/c1-9(2)10(3,4)14-11(13-9)7-15(5,6)8-12/h7-8H2,1-6H3. The van der Waals surface area contributed by atoms with E-state index in [4.69, 9.17) is 20.9 Å². The topological polar surface area (TPSA) is 18.5 Å². The Morgan fingerprint density at radius 1 is 1.07 bits per heavy atom. The summed E-state index contributed by atoms with van der Waals surface area (Å²) in [4.78, 5) is 0. The smallest absolute Gasteiger partial charge is 0.403 e. The average Bonchev–Trinajstić information content (AvgIpc) is 2.19. The maximum atomic E-state index is 5.96. The highest BCUT2D eigenvalue weighted by Crippen LogP contribution is 2.38. The first-order valence-corrected chi connectivity index (χ1v) is 9.46. The Bertz CT molecular complexity index is 228. The Hall–Kier alpha value is 0.492. The van der Waals surface area contributed by atoms with Crippen molar-refractivity contribution in [3.8, 4) is 0 Å². The molecule has 0 unspecified atom stereocenters. The summed E-state index contributed by atoms with van der Waals surface area (Å²) in [5.41, 5.74) is 0.333. The van der Waals surface area contributed by atoms with E-state index >= 15 is 0 Å². The predicted octanol–water partition coefficient (Wildman–Crippen LogP) is 3.10. The number of alkyl halides is 1. The Balaban J connectivity index is 2.64. The van der Waals surface area contributed by atoms with Crippen LogP contribution in [0.5, 0.6) is 0 Å². The lowest BCUT2D eigenvalue weighted by molar-refractivity contribution is 0.00578. The summed E-state index contributed by atoms with van der Waals surface area (Å²) >= 11 is 5.96. The molecule has 1 rings (SSSR count). The van der Waals surface area contributed by atoms with Gasteiger partial charge in [-0.2, -0.15) is 0 Å². The minimum Gasteiger partial charge on any atom is -0.403 e. The molecule has 1 aliphatic rings. The molecule has 5 heteroatoms. The number of halogens is 1. The molecule has 88 valence electrons. The van der Waals surface area contributed by atoms with Crippen molar-refractivity contribution in [1.82, 2.24) is 0 Å². The Morgan fingerprint density at radius 3 is 1.80 bits per heavy atom. The third kappa shape index (κ3) is 2.99. The van der Waals surface area contributed by atoms with Crippen LogP contribution in [0.4, 0.5) is 0 Å². The van der Waals surface area contributed by atoms with Crippen molar-refractivity contribution in [3.63, 3.8) is 0 Å². The first-order chi connectivity index (χ1) is 6.60. The average molecular weight is 249 g/mol. The van der Waals surface area contributed by atoms with Crippen LogP contribution in [0.25, 0.3) is 0 Å². The van der Waals surface area contributed by atoms with Gasteiger partial charge in [-0.05, 0) is 33.6 Å². The summed E-state index contributed by atoms with van der Waals surface area (Å²) in [6, 6.07) is 0. The van der Waals surface area contributed by atoms with Crippen molar-refractivity contribution in [1.29, 1.82) is 0 Å². The van der Waals surface area contributed by atoms with Gasteiger partial charge in [-0.3, -0.25) is 0 Å². The highest BCUT2D eigenvalue weighted by Gasteiger charge is 2.52. The summed E-state index contributed by atoms with van der Waals surface area (Å²) in [6.45, 7) is 12.9. The third-order valence-electron chi connectivity index (χ3n) is 3.38. The van der Waals surface area contributed by atoms with Crippen molar-refractivity contribution in [2.24, 2.45) is 0 Å². The zero-order valence-corrected chi connectivity index (χ0v) is 12.4. The first kappa shape index (κ1) is 13.6. The molecule has 0 aliphatic carbocycles. The van der Waals surface area contributed by atoms with Gasteiger partial charge in [-0.25, -0.2) is 0 Å². The molecule has 1 fully saturated rings. The van der Waals surface area contributed by atoms with Crippen molar-refractivity contribution >= 4 is 26.8 Å². The molecule has 0 N–H and O–H groups in total. The quantitative estimate of drug-likeness (QED) is 0.564. The number of hydrogen-bond acceptors (Lipinski definition) is 2. The molecule has 0 spiro atoms. The summed E-state index contributed by atoms with van der Waals surface area (Å²) in [7, 11) is -1.43. The van der Waals surface area contributed by atoms with Crippen molar-refractivity contribution in [2.75, 3.05) is 5.50 Å². The number of hydrogen-bond donors (Lipinski definition) is 0. The molecule has 1 saturated heterocycles. The Labute approximate surface area is 99.8 Å². The van der Waals surface area contributed by atoms with Crippen molar-refractivity contribution in [3.05, 3.63) is 0 Å². The van der Waals surface area contributed by atoms with E-state index in [-0.39, 0.29) is 18.3 Å². The van der Waals surface area contributed by atoms with Gasteiger partial charge in [-0.1, -0.05) is 13.1 Å². The Morgan fingerprint density at radius 2 is 1.47 bits per heavy atom. The molecule has 0 saturated carbocycles. The molecule has 0 atom stereocenters. The van der Waals surface area contributed by atoms with E-state index in [0.29, 0.717) is 0 Å². The molecule has 0 bridgehead atoms. The van der Waals surface area contributed by atoms with Crippen LogP contribution in [0.3, 0.4) is 0 Å². The van der Waals surface area contributed by atoms with Gasteiger partial charge >= 0.3 is 7.12 Å². The zero-order chi connectivity index (χ0) is 11.9. The van der Waals surface area contributed by atoms with E-state index in [2.05, 4.69) is 40.8 Å². The molecule has 0 aromatic heterocycles. The molecule has 0 amide bonds. The molecule has 15 heavy (non-hydrogen) atoms. The lowest BCUT2D eigenvalue weighted by Gasteiger charge is -2.32. The molecular weight excluding hydrogens is 226 g/mol. The highest BCUT2D eigenvalue weighted by atomic mass is 35.5. The Kier molecular flexibility index (Phi) is 3.67. The van der Waals surface area contributed by atoms with Gasteiger partial charge < -0.3 is 9.31 Å². The van der Waals surface area contributed by atoms with Gasteiger partial charge in [0.1, 0.15) is 0 Å². The van der Waals surface area contributed by atoms with Crippen LogP contribution in [0.15, 0.2) is 0 Å². The van der Waals surface area contributed by atoms with E-state index in [1.807, 2.05) is 0 Å². The van der Waals surface area contributed by atoms with Crippen LogP contribution in [-0.2, 0) is 9.31 Å². The second kappa shape index (κ2) is 4.06. The fourth-order valence-electron chi connectivity index (χ4n) is 1.55. The molecule has 1 heterocycles. The fourth-order valence-corrected chi connectivity index (χ4v) is 3.06. The SMILES string of the molecule is CC1(C)OB(C[Si](C)(C)CCl)OC1(C)C. The minimum absolute atomic E-state index is 0.0737. The maximum Gasteiger partial charge on any atom is 0.455 e. The van der Waals surface area contributed by atoms with E-state index in [9.17, 15) is 0 Å². The monoisotopic (exact) mass is 248 g/mol. The lowest BCUT2D eigenvalue weighted by Crippen LogP contribution is -2.41. The molecule has 0 aromatic rings. The summed E-state index contributed by atoms with van der Waals surface area (Å²) < 4.78 is 11.9. The van der Waals surface area contributed by atoms with Crippen LogP contribution >= 0.6 is 11.6 Å². The van der Waals surface area contributed by atoms with Gasteiger partial charge in [0.25, 0.3) is 0 Å². The van der Waals surface area contributed by atoms with Crippen molar-refractivity contribution < 1.29 is 9.31 Å². The van der Waals surface area contributed by atoms with Crippen molar-refractivity contribution in [2.45, 2.75) is 57.9 Å². The molecule has 2 nitrogen and oxygen atoms in total. The van der Waals surface area contributed by atoms with Gasteiger partial charge in [0.15, 0.2) is 0 Å². The maximum absolute atomic E-state index is 5.96. The largest absolute Gasteiger partial charge is 0.455 e. The van der Waals surface area contributed by atoms with E-state index < -0.39 is 8.07 Å². The van der Waals surface area contributed by atoms with Gasteiger partial charge in [0.2, 0.25) is 0 Å². The fraction of sp³-hybridized carbons (Fsp3) is 1.00. The first-order valence-electron chi connectivity index (χ1n) is 5.51. The van der Waals surface area contributed by atoms with Crippen LogP contribution in [0.2, 0.25) is 19.0 Å². The van der Waals surface area contributed by atoms with Gasteiger partial charge in [0, 0.05) is 5.50 Å². The summed E-state index contributed by atoms with van der Waals surface area (Å²) in [5.74, 6) is 0.976. The van der Waals surface area contributed by atoms with Gasteiger partial charge in [-0.15, -0.1) is 11.6 Å². The molecule has 0 radical (unpaired) electrons. The normalized spacial score (nSPS) is 24.6. The molecule has 1 aliphatic heterocycles. The minimum atomic E-state index is -1.35. The van der Waals surface area contributed by atoms with Gasteiger partial charge in [0.05, 0.1) is 19.3 Å². The van der Waals surface area contributed by atoms with E-state index in [1.54, 1.807) is 0 Å². The van der Waals surface area contributed by atoms with Crippen LogP contribution < -0.4 is 0 Å². The second-order valence-corrected chi connectivity index (χ2v) is 12.0. The van der Waals surface area contributed by atoms with E-state index in [0.717, 1.165) is 11.4 Å². The summed E-state index contributed by atoms with van der Waals surface area (Å²) in [5, 5.41) is 0. The number of rotatable bonds is 3. The zero-order valence-electron chi connectivity index (χ0n) is 10.7. The third-order valence-corrected chi connectivity index (χ3v) is 7.72. The second-order valence-electron chi connectivity index (χ2n) is 6.19. The molecule has 0 aromatic carbocycles.